The number of ether oxygens (including phenoxy) is 1. The molecule has 2 heterocycles. The number of piperidine rings is 1. The molecule has 1 aromatic heterocycles. The van der Waals surface area contributed by atoms with Crippen molar-refractivity contribution >= 4 is 24.5 Å². The molecule has 33 heavy (non-hydrogen) atoms. The number of amides is 1. The molecule has 10 heteroatoms. The number of hydrogen-bond donors (Lipinski definition) is 3. The van der Waals surface area contributed by atoms with Crippen molar-refractivity contribution in [2.24, 2.45) is 0 Å². The first-order chi connectivity index (χ1) is 16.0. The van der Waals surface area contributed by atoms with Crippen molar-refractivity contribution in [1.29, 1.82) is 5.26 Å². The molecule has 0 bridgehead atoms. The first-order valence-corrected chi connectivity index (χ1v) is 10.7. The van der Waals surface area contributed by atoms with Gasteiger partial charge in [0, 0.05) is 18.7 Å². The van der Waals surface area contributed by atoms with E-state index in [0.29, 0.717) is 29.8 Å². The second kappa shape index (κ2) is 9.77. The van der Waals surface area contributed by atoms with Gasteiger partial charge in [-0.05, 0) is 23.9 Å². The number of nitrogen functional groups attached to an aromatic ring is 1. The molecule has 1 amide bonds. The van der Waals surface area contributed by atoms with Crippen LogP contribution in [0.5, 0.6) is 0 Å². The number of likely N-dealkylation sites (tertiary alicyclic amines) is 1. The molecule has 9 nitrogen and oxygen atoms in total. The molecule has 1 atom stereocenters. The maximum Gasteiger partial charge on any atom is 0.488 e. The number of nitriles is 1. The average Bonchev–Trinajstić information content (AvgIpc) is 3.19. The van der Waals surface area contributed by atoms with Crippen LogP contribution in [0.15, 0.2) is 54.6 Å². The lowest BCUT2D eigenvalue weighted by Gasteiger charge is -2.32. The molecule has 1 aliphatic rings. The maximum atomic E-state index is 12.6. The fraction of sp³-hybridized carbons (Fsp3) is 0.261. The predicted octanol–water partition coefficient (Wildman–Crippen LogP) is 1.66. The van der Waals surface area contributed by atoms with Crippen LogP contribution in [0, 0.1) is 11.3 Å². The van der Waals surface area contributed by atoms with Crippen molar-refractivity contribution in [2.45, 2.75) is 25.5 Å². The van der Waals surface area contributed by atoms with Gasteiger partial charge in [0.15, 0.2) is 0 Å². The number of hydrogen-bond acceptors (Lipinski definition) is 7. The van der Waals surface area contributed by atoms with Crippen LogP contribution in [-0.4, -0.2) is 51.0 Å². The molecule has 3 aromatic rings. The highest BCUT2D eigenvalue weighted by Crippen LogP contribution is 2.31. The van der Waals surface area contributed by atoms with E-state index in [1.54, 1.807) is 33.8 Å². The largest absolute Gasteiger partial charge is 0.488 e. The first kappa shape index (κ1) is 22.4. The highest BCUT2D eigenvalue weighted by Gasteiger charge is 2.29. The Morgan fingerprint density at radius 1 is 1.21 bits per heavy atom. The van der Waals surface area contributed by atoms with Gasteiger partial charge in [-0.15, -0.1) is 0 Å². The number of rotatable bonds is 5. The summed E-state index contributed by atoms with van der Waals surface area (Å²) >= 11 is 0. The van der Waals surface area contributed by atoms with Gasteiger partial charge in [0.1, 0.15) is 29.8 Å². The number of aromatic nitrogens is 2. The highest BCUT2D eigenvalue weighted by atomic mass is 16.6. The van der Waals surface area contributed by atoms with E-state index in [4.69, 9.17) is 10.5 Å². The van der Waals surface area contributed by atoms with Crippen LogP contribution < -0.4 is 11.2 Å². The van der Waals surface area contributed by atoms with E-state index in [-0.39, 0.29) is 24.0 Å². The van der Waals surface area contributed by atoms with Gasteiger partial charge in [0.2, 0.25) is 0 Å². The van der Waals surface area contributed by atoms with Crippen LogP contribution in [0.4, 0.5) is 10.6 Å². The van der Waals surface area contributed by atoms with E-state index in [1.807, 2.05) is 30.3 Å². The third-order valence-electron chi connectivity index (χ3n) is 5.75. The topological polar surface area (TPSA) is 138 Å². The average molecular weight is 445 g/mol. The van der Waals surface area contributed by atoms with Gasteiger partial charge in [-0.2, -0.15) is 10.4 Å². The van der Waals surface area contributed by atoms with E-state index < -0.39 is 13.2 Å². The van der Waals surface area contributed by atoms with Crippen LogP contribution in [0.2, 0.25) is 0 Å². The van der Waals surface area contributed by atoms with Crippen molar-refractivity contribution < 1.29 is 19.6 Å². The zero-order chi connectivity index (χ0) is 23.4. The van der Waals surface area contributed by atoms with Gasteiger partial charge in [-0.3, -0.25) is 0 Å². The molecule has 0 radical (unpaired) electrons. The Morgan fingerprint density at radius 3 is 2.61 bits per heavy atom. The molecular weight excluding hydrogens is 421 g/mol. The number of anilines is 1. The molecule has 0 spiro atoms. The smallest absolute Gasteiger partial charge is 0.445 e. The Kier molecular flexibility index (Phi) is 6.63. The SMILES string of the molecule is N#Cc1c(-c2ccc(B(O)O)cc2)nn(C2CCCN(C(=O)OCc3ccccc3)C2)c1N. The summed E-state index contributed by atoms with van der Waals surface area (Å²) in [4.78, 5) is 14.3. The van der Waals surface area contributed by atoms with Crippen LogP contribution >= 0.6 is 0 Å². The summed E-state index contributed by atoms with van der Waals surface area (Å²) in [5.41, 5.74) is 8.83. The molecule has 1 saturated heterocycles. The minimum Gasteiger partial charge on any atom is -0.445 e. The van der Waals surface area contributed by atoms with Gasteiger partial charge in [0.25, 0.3) is 0 Å². The Hall–Kier alpha value is -3.81. The molecule has 1 aliphatic heterocycles. The van der Waals surface area contributed by atoms with Crippen LogP contribution in [0.25, 0.3) is 11.3 Å². The number of carbonyl (C=O) groups excluding carboxylic acids is 1. The molecule has 168 valence electrons. The van der Waals surface area contributed by atoms with Crippen molar-refractivity contribution in [2.75, 3.05) is 18.8 Å². The molecule has 4 N–H and O–H groups in total. The predicted molar refractivity (Wildman–Crippen MR) is 123 cm³/mol. The zero-order valence-electron chi connectivity index (χ0n) is 18.0. The van der Waals surface area contributed by atoms with E-state index in [0.717, 1.165) is 18.4 Å². The van der Waals surface area contributed by atoms with Gasteiger partial charge in [-0.1, -0.05) is 54.6 Å². The fourth-order valence-electron chi connectivity index (χ4n) is 3.98. The van der Waals surface area contributed by atoms with Crippen LogP contribution in [0.1, 0.15) is 30.0 Å². The summed E-state index contributed by atoms with van der Waals surface area (Å²) in [5, 5.41) is 32.9. The van der Waals surface area contributed by atoms with Crippen LogP contribution in [0.3, 0.4) is 0 Å². The Labute approximate surface area is 191 Å². The summed E-state index contributed by atoms with van der Waals surface area (Å²) in [6, 6.07) is 17.9. The molecular formula is C23H24BN5O4. The molecule has 1 unspecified atom stereocenters. The molecule has 2 aromatic carbocycles. The van der Waals surface area contributed by atoms with Gasteiger partial charge >= 0.3 is 13.2 Å². The molecule has 0 aliphatic carbocycles. The molecule has 1 fully saturated rings. The number of carbonyl (C=O) groups is 1. The van der Waals surface area contributed by atoms with E-state index in [1.165, 1.54) is 0 Å². The van der Waals surface area contributed by atoms with Crippen LogP contribution in [-0.2, 0) is 11.3 Å². The maximum absolute atomic E-state index is 12.6. The van der Waals surface area contributed by atoms with Crippen molar-refractivity contribution in [3.8, 4) is 17.3 Å². The zero-order valence-corrected chi connectivity index (χ0v) is 18.0. The van der Waals surface area contributed by atoms with E-state index >= 15 is 0 Å². The Bertz CT molecular complexity index is 1160. The molecule has 4 rings (SSSR count). The van der Waals surface area contributed by atoms with Gasteiger partial charge in [-0.25, -0.2) is 9.48 Å². The minimum absolute atomic E-state index is 0.192. The number of benzene rings is 2. The van der Waals surface area contributed by atoms with Gasteiger partial charge < -0.3 is 25.4 Å². The lowest BCUT2D eigenvalue weighted by Crippen LogP contribution is -2.41. The molecule has 0 saturated carbocycles. The standard InChI is InChI=1S/C23H24BN5O4/c25-13-20-21(17-8-10-18(11-9-17)24(31)32)27-29(22(20)26)19-7-4-12-28(14-19)23(30)33-15-16-5-2-1-3-6-16/h1-3,5-6,8-11,19,31-32H,4,7,12,14-15,26H2. The highest BCUT2D eigenvalue weighted by molar-refractivity contribution is 6.58. The summed E-state index contributed by atoms with van der Waals surface area (Å²) in [6.07, 6.45) is 1.12. The lowest BCUT2D eigenvalue weighted by molar-refractivity contribution is 0.0791. The number of nitrogens with zero attached hydrogens (tertiary/aromatic N) is 4. The Morgan fingerprint density at radius 2 is 1.94 bits per heavy atom. The monoisotopic (exact) mass is 445 g/mol. The lowest BCUT2D eigenvalue weighted by atomic mass is 9.80. The van der Waals surface area contributed by atoms with E-state index in [2.05, 4.69) is 11.2 Å². The fourth-order valence-corrected chi connectivity index (χ4v) is 3.98. The van der Waals surface area contributed by atoms with Crippen molar-refractivity contribution in [3.63, 3.8) is 0 Å². The number of nitrogens with two attached hydrogens (primary N) is 1. The second-order valence-electron chi connectivity index (χ2n) is 7.94. The quantitative estimate of drug-likeness (QED) is 0.508. The normalized spacial score (nSPS) is 15.7. The van der Waals surface area contributed by atoms with Crippen molar-refractivity contribution in [3.05, 3.63) is 65.7 Å². The summed E-state index contributed by atoms with van der Waals surface area (Å²) < 4.78 is 7.08. The third kappa shape index (κ3) is 4.84. The first-order valence-electron chi connectivity index (χ1n) is 10.7. The van der Waals surface area contributed by atoms with Gasteiger partial charge in [0.05, 0.1) is 6.04 Å². The Balaban J connectivity index is 1.51. The van der Waals surface area contributed by atoms with E-state index in [9.17, 15) is 20.1 Å². The second-order valence-corrected chi connectivity index (χ2v) is 7.94. The summed E-state index contributed by atoms with van der Waals surface area (Å²) in [7, 11) is -1.58. The minimum atomic E-state index is -1.58. The summed E-state index contributed by atoms with van der Waals surface area (Å²) in [5.74, 6) is 0.239. The van der Waals surface area contributed by atoms with Crippen molar-refractivity contribution in [1.82, 2.24) is 14.7 Å². The summed E-state index contributed by atoms with van der Waals surface area (Å²) in [6.45, 7) is 1.15. The third-order valence-corrected chi connectivity index (χ3v) is 5.75.